The lowest BCUT2D eigenvalue weighted by Gasteiger charge is -2.20. The van der Waals surface area contributed by atoms with Crippen molar-refractivity contribution in [2.75, 3.05) is 0 Å². The van der Waals surface area contributed by atoms with E-state index in [9.17, 15) is 17.7 Å². The fraction of sp³-hybridized carbons (Fsp3) is 0.875. The summed E-state index contributed by atoms with van der Waals surface area (Å²) in [4.78, 5) is 11.2. The molecule has 0 spiro atoms. The number of halogens is 3. The van der Waals surface area contributed by atoms with Crippen LogP contribution in [0.15, 0.2) is 0 Å². The first-order valence-electron chi connectivity index (χ1n) is 4.54. The summed E-state index contributed by atoms with van der Waals surface area (Å²) < 4.78 is 41.3. The van der Waals surface area contributed by atoms with E-state index in [2.05, 4.69) is 0 Å². The average molecular weight is 209 g/mol. The highest BCUT2D eigenvalue weighted by Gasteiger charge is 2.55. The number of carbonyl (C=O) groups is 1. The van der Waals surface area contributed by atoms with E-state index in [1.165, 1.54) is 0 Å². The SMILES string of the molecule is CC(C)(C)OC(=O)[C@@H]1C[C@@H]1[B-](F)(F)F. The van der Waals surface area contributed by atoms with Gasteiger partial charge in [-0.25, -0.2) is 0 Å². The van der Waals surface area contributed by atoms with Gasteiger partial charge in [0.1, 0.15) is 5.60 Å². The van der Waals surface area contributed by atoms with E-state index >= 15 is 0 Å². The van der Waals surface area contributed by atoms with Crippen LogP contribution in [0.25, 0.3) is 0 Å². The van der Waals surface area contributed by atoms with Crippen LogP contribution < -0.4 is 0 Å². The van der Waals surface area contributed by atoms with Crippen LogP contribution in [-0.4, -0.2) is 18.5 Å². The Balaban J connectivity index is 2.45. The Morgan fingerprint density at radius 2 is 1.86 bits per heavy atom. The predicted molar refractivity (Wildman–Crippen MR) is 46.8 cm³/mol. The fourth-order valence-electron chi connectivity index (χ4n) is 1.28. The molecule has 82 valence electrons. The summed E-state index contributed by atoms with van der Waals surface area (Å²) in [6, 6.07) is 0. The van der Waals surface area contributed by atoms with E-state index in [0.29, 0.717) is 0 Å². The summed E-state index contributed by atoms with van der Waals surface area (Å²) in [6.07, 6.45) is -0.0988. The van der Waals surface area contributed by atoms with Crippen molar-refractivity contribution in [1.29, 1.82) is 0 Å². The van der Waals surface area contributed by atoms with Crippen LogP contribution in [0.3, 0.4) is 0 Å². The first kappa shape index (κ1) is 11.4. The van der Waals surface area contributed by atoms with Gasteiger partial charge in [-0.1, -0.05) is 12.2 Å². The Morgan fingerprint density at radius 1 is 1.36 bits per heavy atom. The third-order valence-electron chi connectivity index (χ3n) is 2.03. The Labute approximate surface area is 80.9 Å². The minimum atomic E-state index is -4.88. The van der Waals surface area contributed by atoms with Crippen LogP contribution in [-0.2, 0) is 9.53 Å². The molecule has 0 saturated heterocycles. The smallest absolute Gasteiger partial charge is 0.460 e. The third kappa shape index (κ3) is 2.92. The van der Waals surface area contributed by atoms with Gasteiger partial charge in [-0.2, -0.15) is 0 Å². The van der Waals surface area contributed by atoms with Gasteiger partial charge in [-0.15, -0.1) is 0 Å². The maximum Gasteiger partial charge on any atom is 0.482 e. The average Bonchev–Trinajstić information content (AvgIpc) is 2.55. The van der Waals surface area contributed by atoms with Crippen LogP contribution in [0.4, 0.5) is 12.9 Å². The van der Waals surface area contributed by atoms with E-state index in [4.69, 9.17) is 4.74 Å². The Morgan fingerprint density at radius 3 is 2.14 bits per heavy atom. The lowest BCUT2D eigenvalue weighted by molar-refractivity contribution is -0.156. The normalized spacial score (nSPS) is 27.3. The first-order chi connectivity index (χ1) is 6.11. The molecule has 14 heavy (non-hydrogen) atoms. The summed E-state index contributed by atoms with van der Waals surface area (Å²) >= 11 is 0. The summed E-state index contributed by atoms with van der Waals surface area (Å²) in [5.41, 5.74) is -0.706. The lowest BCUT2D eigenvalue weighted by Crippen LogP contribution is -2.26. The van der Waals surface area contributed by atoms with Crippen molar-refractivity contribution in [3.05, 3.63) is 0 Å². The minimum Gasteiger partial charge on any atom is -0.460 e. The molecule has 1 fully saturated rings. The highest BCUT2D eigenvalue weighted by Crippen LogP contribution is 2.54. The van der Waals surface area contributed by atoms with E-state index in [1.54, 1.807) is 20.8 Å². The number of esters is 1. The van der Waals surface area contributed by atoms with Crippen molar-refractivity contribution >= 4 is 12.9 Å². The number of carbonyl (C=O) groups excluding carboxylic acids is 1. The van der Waals surface area contributed by atoms with Crippen molar-refractivity contribution in [3.8, 4) is 0 Å². The molecule has 2 atom stereocenters. The molecule has 2 nitrogen and oxygen atoms in total. The summed E-state index contributed by atoms with van der Waals surface area (Å²) in [5.74, 6) is -3.10. The maximum absolute atomic E-state index is 12.1. The van der Waals surface area contributed by atoms with Crippen molar-refractivity contribution in [2.24, 2.45) is 5.92 Å². The third-order valence-corrected chi connectivity index (χ3v) is 2.03. The van der Waals surface area contributed by atoms with E-state index < -0.39 is 30.3 Å². The molecule has 0 aromatic carbocycles. The lowest BCUT2D eigenvalue weighted by atomic mass is 9.82. The van der Waals surface area contributed by atoms with Crippen LogP contribution in [0.5, 0.6) is 0 Å². The van der Waals surface area contributed by atoms with Crippen molar-refractivity contribution < 1.29 is 22.5 Å². The zero-order valence-electron chi connectivity index (χ0n) is 8.39. The quantitative estimate of drug-likeness (QED) is 0.516. The van der Waals surface area contributed by atoms with Crippen LogP contribution in [0, 0.1) is 5.92 Å². The van der Waals surface area contributed by atoms with Crippen molar-refractivity contribution in [1.82, 2.24) is 0 Å². The second-order valence-electron chi connectivity index (χ2n) is 4.66. The van der Waals surface area contributed by atoms with Crippen LogP contribution in [0.2, 0.25) is 5.82 Å². The van der Waals surface area contributed by atoms with E-state index in [1.807, 2.05) is 0 Å². The molecule has 1 aliphatic rings. The van der Waals surface area contributed by atoms with Gasteiger partial charge in [0.05, 0.1) is 0 Å². The molecule has 6 heteroatoms. The monoisotopic (exact) mass is 209 g/mol. The minimum absolute atomic E-state index is 0.0988. The van der Waals surface area contributed by atoms with E-state index in [0.717, 1.165) is 0 Å². The van der Waals surface area contributed by atoms with Gasteiger partial charge in [0, 0.05) is 5.92 Å². The van der Waals surface area contributed by atoms with Gasteiger partial charge in [0.25, 0.3) is 0 Å². The molecule has 0 aromatic heterocycles. The van der Waals surface area contributed by atoms with Gasteiger partial charge in [0.2, 0.25) is 0 Å². The van der Waals surface area contributed by atoms with Gasteiger partial charge < -0.3 is 17.7 Å². The highest BCUT2D eigenvalue weighted by atomic mass is 19.4. The van der Waals surface area contributed by atoms with Crippen LogP contribution >= 0.6 is 0 Å². The molecule has 0 amide bonds. The molecule has 1 rings (SSSR count). The second-order valence-corrected chi connectivity index (χ2v) is 4.66. The summed E-state index contributed by atoms with van der Waals surface area (Å²) in [6.45, 7) is 0.0439. The van der Waals surface area contributed by atoms with Gasteiger partial charge >= 0.3 is 12.9 Å². The molecule has 0 aliphatic heterocycles. The molecule has 1 aliphatic carbocycles. The molecule has 0 unspecified atom stereocenters. The molecular formula is C8H13BF3O2-. The highest BCUT2D eigenvalue weighted by molar-refractivity contribution is 6.61. The zero-order valence-corrected chi connectivity index (χ0v) is 8.39. The van der Waals surface area contributed by atoms with E-state index in [-0.39, 0.29) is 6.42 Å². The predicted octanol–water partition coefficient (Wildman–Crippen LogP) is 2.57. The Kier molecular flexibility index (Phi) is 2.58. The molecule has 1 saturated carbocycles. The van der Waals surface area contributed by atoms with Gasteiger partial charge in [-0.05, 0) is 20.8 Å². The van der Waals surface area contributed by atoms with Gasteiger partial charge in [0.15, 0.2) is 0 Å². The molecule has 0 aromatic rings. The maximum atomic E-state index is 12.1. The standard InChI is InChI=1S/C8H13BF3O2/c1-8(2,3)14-7(13)5-4-6(5)9(10,11)12/h5-6H,4H2,1-3H3/q-1/t5-,6+/m1/s1. The largest absolute Gasteiger partial charge is 0.482 e. The molecular weight excluding hydrogens is 196 g/mol. The summed E-state index contributed by atoms with van der Waals surface area (Å²) in [7, 11) is 0. The number of ether oxygens (including phenoxy) is 1. The Hall–Kier alpha value is -0.675. The molecule has 0 bridgehead atoms. The fourth-order valence-corrected chi connectivity index (χ4v) is 1.28. The zero-order chi connectivity index (χ0) is 11.1. The Bertz CT molecular complexity index is 244. The van der Waals surface area contributed by atoms with Crippen molar-refractivity contribution in [3.63, 3.8) is 0 Å². The first-order valence-corrected chi connectivity index (χ1v) is 4.54. The molecule has 0 N–H and O–H groups in total. The molecule has 0 heterocycles. The summed E-state index contributed by atoms with van der Waals surface area (Å²) in [5, 5.41) is 0. The number of hydrogen-bond acceptors (Lipinski definition) is 2. The van der Waals surface area contributed by atoms with Crippen molar-refractivity contribution in [2.45, 2.75) is 38.6 Å². The second kappa shape index (κ2) is 3.17. The van der Waals surface area contributed by atoms with Crippen LogP contribution in [0.1, 0.15) is 27.2 Å². The number of hydrogen-bond donors (Lipinski definition) is 0. The topological polar surface area (TPSA) is 26.3 Å². The van der Waals surface area contributed by atoms with Gasteiger partial charge in [-0.3, -0.25) is 4.79 Å². The number of rotatable bonds is 2. The molecule has 0 radical (unpaired) electrons.